The molecule has 1 unspecified atom stereocenters. The Morgan fingerprint density at radius 1 is 1.53 bits per heavy atom. The van der Waals surface area contributed by atoms with Gasteiger partial charge in [0, 0.05) is 23.6 Å². The predicted molar refractivity (Wildman–Crippen MR) is 71.1 cm³/mol. The van der Waals surface area contributed by atoms with Crippen LogP contribution in [-0.2, 0) is 11.3 Å². The average molecular weight is 301 g/mol. The van der Waals surface area contributed by atoms with Gasteiger partial charge < -0.3 is 15.4 Å². The number of amides is 1. The highest BCUT2D eigenvalue weighted by molar-refractivity contribution is 9.10. The van der Waals surface area contributed by atoms with E-state index in [1.54, 1.807) is 14.2 Å². The summed E-state index contributed by atoms with van der Waals surface area (Å²) in [5, 5.41) is 5.74. The molecule has 0 saturated carbocycles. The molecule has 0 radical (unpaired) electrons. The SMILES string of the molecule is CNC(=O)C(C)NCc1cc(Br)ccc1OC. The fraction of sp³-hybridized carbons (Fsp3) is 0.417. The van der Waals surface area contributed by atoms with E-state index in [1.165, 1.54) is 0 Å². The van der Waals surface area contributed by atoms with Crippen molar-refractivity contribution in [2.45, 2.75) is 19.5 Å². The van der Waals surface area contributed by atoms with Crippen molar-refractivity contribution in [3.05, 3.63) is 28.2 Å². The van der Waals surface area contributed by atoms with Crippen LogP contribution in [-0.4, -0.2) is 26.1 Å². The number of halogens is 1. The molecule has 0 saturated heterocycles. The molecule has 1 atom stereocenters. The predicted octanol–water partition coefficient (Wildman–Crippen LogP) is 1.68. The average Bonchev–Trinajstić information content (AvgIpc) is 2.35. The summed E-state index contributed by atoms with van der Waals surface area (Å²) >= 11 is 3.41. The van der Waals surface area contributed by atoms with Crippen LogP contribution in [0.15, 0.2) is 22.7 Å². The number of rotatable bonds is 5. The molecule has 17 heavy (non-hydrogen) atoms. The van der Waals surface area contributed by atoms with Gasteiger partial charge in [-0.2, -0.15) is 0 Å². The summed E-state index contributed by atoms with van der Waals surface area (Å²) in [5.74, 6) is 0.781. The monoisotopic (exact) mass is 300 g/mol. The standard InChI is InChI=1S/C12H17BrN2O2/c1-8(12(16)14-2)15-7-9-6-10(13)4-5-11(9)17-3/h4-6,8,15H,7H2,1-3H3,(H,14,16). The van der Waals surface area contributed by atoms with Crippen LogP contribution < -0.4 is 15.4 Å². The molecule has 5 heteroatoms. The molecule has 1 aromatic carbocycles. The summed E-state index contributed by atoms with van der Waals surface area (Å²) in [6, 6.07) is 5.56. The van der Waals surface area contributed by atoms with E-state index in [0.717, 1.165) is 15.8 Å². The third-order valence-corrected chi connectivity index (χ3v) is 2.97. The van der Waals surface area contributed by atoms with Gasteiger partial charge in [0.1, 0.15) is 5.75 Å². The van der Waals surface area contributed by atoms with Crippen LogP contribution in [0.25, 0.3) is 0 Å². The van der Waals surface area contributed by atoms with Crippen LogP contribution in [0.2, 0.25) is 0 Å². The molecule has 94 valence electrons. The number of ether oxygens (including phenoxy) is 1. The summed E-state index contributed by atoms with van der Waals surface area (Å²) in [6.07, 6.45) is 0. The molecular weight excluding hydrogens is 284 g/mol. The minimum Gasteiger partial charge on any atom is -0.496 e. The molecule has 1 aromatic rings. The van der Waals surface area contributed by atoms with E-state index in [-0.39, 0.29) is 11.9 Å². The van der Waals surface area contributed by atoms with Crippen molar-refractivity contribution >= 4 is 21.8 Å². The fourth-order valence-corrected chi connectivity index (χ4v) is 1.87. The third-order valence-electron chi connectivity index (χ3n) is 2.48. The Morgan fingerprint density at radius 3 is 2.82 bits per heavy atom. The first-order valence-electron chi connectivity index (χ1n) is 5.36. The molecule has 1 amide bonds. The second kappa shape index (κ2) is 6.61. The highest BCUT2D eigenvalue weighted by Crippen LogP contribution is 2.22. The first-order valence-corrected chi connectivity index (χ1v) is 6.15. The highest BCUT2D eigenvalue weighted by atomic mass is 79.9. The van der Waals surface area contributed by atoms with E-state index in [2.05, 4.69) is 26.6 Å². The topological polar surface area (TPSA) is 50.4 Å². The van der Waals surface area contributed by atoms with Crippen molar-refractivity contribution in [1.82, 2.24) is 10.6 Å². The van der Waals surface area contributed by atoms with E-state index < -0.39 is 0 Å². The summed E-state index contributed by atoms with van der Waals surface area (Å²) in [7, 11) is 3.26. The second-order valence-electron chi connectivity index (χ2n) is 3.67. The lowest BCUT2D eigenvalue weighted by atomic mass is 10.2. The first kappa shape index (κ1) is 14.0. The molecule has 0 aliphatic heterocycles. The minimum atomic E-state index is -0.233. The van der Waals surface area contributed by atoms with Gasteiger partial charge in [-0.15, -0.1) is 0 Å². The Bertz CT molecular complexity index is 396. The highest BCUT2D eigenvalue weighted by Gasteiger charge is 2.11. The number of carbonyl (C=O) groups is 1. The maximum Gasteiger partial charge on any atom is 0.236 e. The first-order chi connectivity index (χ1) is 8.08. The quantitative estimate of drug-likeness (QED) is 0.870. The maximum atomic E-state index is 11.3. The zero-order chi connectivity index (χ0) is 12.8. The lowest BCUT2D eigenvalue weighted by Gasteiger charge is -2.14. The van der Waals surface area contributed by atoms with Crippen molar-refractivity contribution in [2.24, 2.45) is 0 Å². The summed E-state index contributed by atoms with van der Waals surface area (Å²) in [4.78, 5) is 11.3. The Hall–Kier alpha value is -1.07. The lowest BCUT2D eigenvalue weighted by molar-refractivity contribution is -0.122. The molecule has 2 N–H and O–H groups in total. The van der Waals surface area contributed by atoms with Crippen molar-refractivity contribution in [2.75, 3.05) is 14.2 Å². The van der Waals surface area contributed by atoms with Crippen LogP contribution in [0.3, 0.4) is 0 Å². The Kier molecular flexibility index (Phi) is 5.44. The molecular formula is C12H17BrN2O2. The van der Waals surface area contributed by atoms with Crippen LogP contribution in [0.4, 0.5) is 0 Å². The lowest BCUT2D eigenvalue weighted by Crippen LogP contribution is -2.40. The largest absolute Gasteiger partial charge is 0.496 e. The number of hydrogen-bond acceptors (Lipinski definition) is 3. The van der Waals surface area contributed by atoms with Gasteiger partial charge in [-0.05, 0) is 25.1 Å². The zero-order valence-corrected chi connectivity index (χ0v) is 11.8. The van der Waals surface area contributed by atoms with Crippen molar-refractivity contribution in [3.8, 4) is 5.75 Å². The summed E-state index contributed by atoms with van der Waals surface area (Å²) in [5.41, 5.74) is 1.01. The molecule has 0 fully saturated rings. The van der Waals surface area contributed by atoms with E-state index >= 15 is 0 Å². The maximum absolute atomic E-state index is 11.3. The van der Waals surface area contributed by atoms with E-state index in [0.29, 0.717) is 6.54 Å². The van der Waals surface area contributed by atoms with Gasteiger partial charge in [0.2, 0.25) is 5.91 Å². The van der Waals surface area contributed by atoms with Gasteiger partial charge >= 0.3 is 0 Å². The Labute approximate surface area is 110 Å². The Morgan fingerprint density at radius 2 is 2.24 bits per heavy atom. The van der Waals surface area contributed by atoms with Gasteiger partial charge in [0.05, 0.1) is 13.2 Å². The molecule has 0 heterocycles. The molecule has 0 aliphatic carbocycles. The molecule has 0 aliphatic rings. The Balaban J connectivity index is 2.68. The second-order valence-corrected chi connectivity index (χ2v) is 4.59. The number of methoxy groups -OCH3 is 1. The third kappa shape index (κ3) is 4.02. The molecule has 0 spiro atoms. The number of carbonyl (C=O) groups excluding carboxylic acids is 1. The van der Waals surface area contributed by atoms with Crippen LogP contribution in [0, 0.1) is 0 Å². The van der Waals surface area contributed by atoms with Gasteiger partial charge in [0.25, 0.3) is 0 Å². The number of benzene rings is 1. The minimum absolute atomic E-state index is 0.0287. The van der Waals surface area contributed by atoms with E-state index in [9.17, 15) is 4.79 Å². The molecule has 4 nitrogen and oxygen atoms in total. The number of hydrogen-bond donors (Lipinski definition) is 2. The smallest absolute Gasteiger partial charge is 0.236 e. The van der Waals surface area contributed by atoms with Crippen molar-refractivity contribution in [1.29, 1.82) is 0 Å². The molecule has 0 bridgehead atoms. The van der Waals surface area contributed by atoms with E-state index in [1.807, 2.05) is 25.1 Å². The van der Waals surface area contributed by atoms with Gasteiger partial charge in [0.15, 0.2) is 0 Å². The van der Waals surface area contributed by atoms with Crippen LogP contribution in [0.1, 0.15) is 12.5 Å². The van der Waals surface area contributed by atoms with Crippen LogP contribution in [0.5, 0.6) is 5.75 Å². The summed E-state index contributed by atoms with van der Waals surface area (Å²) in [6.45, 7) is 2.40. The van der Waals surface area contributed by atoms with E-state index in [4.69, 9.17) is 4.74 Å². The van der Waals surface area contributed by atoms with Gasteiger partial charge in [-0.3, -0.25) is 4.79 Å². The van der Waals surface area contributed by atoms with Crippen molar-refractivity contribution in [3.63, 3.8) is 0 Å². The zero-order valence-electron chi connectivity index (χ0n) is 10.2. The van der Waals surface area contributed by atoms with Crippen molar-refractivity contribution < 1.29 is 9.53 Å². The number of nitrogens with one attached hydrogen (secondary N) is 2. The van der Waals surface area contributed by atoms with Gasteiger partial charge in [-0.25, -0.2) is 0 Å². The van der Waals surface area contributed by atoms with Crippen LogP contribution >= 0.6 is 15.9 Å². The number of likely N-dealkylation sites (N-methyl/N-ethyl adjacent to an activating group) is 1. The molecule has 0 aromatic heterocycles. The normalized spacial score (nSPS) is 12.0. The van der Waals surface area contributed by atoms with Gasteiger partial charge in [-0.1, -0.05) is 15.9 Å². The molecule has 1 rings (SSSR count). The fourth-order valence-electron chi connectivity index (χ4n) is 1.46. The summed E-state index contributed by atoms with van der Waals surface area (Å²) < 4.78 is 6.25.